The highest BCUT2D eigenvalue weighted by Crippen LogP contribution is 2.35. The lowest BCUT2D eigenvalue weighted by Crippen LogP contribution is -2.44. The summed E-state index contributed by atoms with van der Waals surface area (Å²) < 4.78 is 17.8. The maximum absolute atomic E-state index is 14.1. The molecule has 0 radical (unpaired) electrons. The van der Waals surface area contributed by atoms with Crippen molar-refractivity contribution in [3.05, 3.63) is 111 Å². The monoisotopic (exact) mass is 531 g/mol. The molecule has 10 heteroatoms. The summed E-state index contributed by atoms with van der Waals surface area (Å²) in [6.07, 6.45) is 0. The smallest absolute Gasteiger partial charge is 0.273 e. The highest BCUT2D eigenvalue weighted by Gasteiger charge is 2.36. The van der Waals surface area contributed by atoms with E-state index in [1.54, 1.807) is 6.07 Å². The fraction of sp³-hybridized carbons (Fsp3) is 0.143. The molecular weight excluding hydrogens is 505 g/mol. The summed E-state index contributed by atoms with van der Waals surface area (Å²) in [5, 5.41) is 2.89. The first kappa shape index (κ1) is 26.5. The Morgan fingerprint density at radius 1 is 1.03 bits per heavy atom. The van der Waals surface area contributed by atoms with Gasteiger partial charge < -0.3 is 16.8 Å². The molecule has 3 aromatic carbocycles. The van der Waals surface area contributed by atoms with Crippen molar-refractivity contribution >= 4 is 40.6 Å². The quantitative estimate of drug-likeness (QED) is 0.312. The normalized spacial score (nSPS) is 11.6. The zero-order valence-electron chi connectivity index (χ0n) is 20.8. The SMILES string of the molecule is Cc1ccc(N(C(=O)c2snc(C(N)=O)c2N)C(C(=O)NCc2ccccc2)c2ccc(F)cc2)c(C)c1. The van der Waals surface area contributed by atoms with Crippen LogP contribution in [0.3, 0.4) is 0 Å². The van der Waals surface area contributed by atoms with Gasteiger partial charge in [-0.2, -0.15) is 4.37 Å². The molecule has 0 spiro atoms. The van der Waals surface area contributed by atoms with E-state index in [2.05, 4.69) is 9.69 Å². The van der Waals surface area contributed by atoms with Crippen LogP contribution < -0.4 is 21.7 Å². The minimum Gasteiger partial charge on any atom is -0.395 e. The molecule has 1 aromatic heterocycles. The molecule has 1 atom stereocenters. The minimum absolute atomic E-state index is 0.0400. The second-order valence-corrected chi connectivity index (χ2v) is 9.53. The fourth-order valence-electron chi connectivity index (χ4n) is 4.12. The second kappa shape index (κ2) is 11.2. The summed E-state index contributed by atoms with van der Waals surface area (Å²) in [4.78, 5) is 41.0. The van der Waals surface area contributed by atoms with Gasteiger partial charge in [0.15, 0.2) is 5.69 Å². The molecule has 0 fully saturated rings. The maximum Gasteiger partial charge on any atom is 0.273 e. The van der Waals surface area contributed by atoms with Gasteiger partial charge in [0, 0.05) is 12.2 Å². The number of hydrogen-bond acceptors (Lipinski definition) is 6. The molecule has 0 bridgehead atoms. The van der Waals surface area contributed by atoms with E-state index in [-0.39, 0.29) is 22.8 Å². The van der Waals surface area contributed by atoms with Crippen LogP contribution in [0.15, 0.2) is 72.8 Å². The fourth-order valence-corrected chi connectivity index (χ4v) is 4.87. The number of nitrogen functional groups attached to an aromatic ring is 1. The van der Waals surface area contributed by atoms with Gasteiger partial charge >= 0.3 is 0 Å². The average molecular weight is 532 g/mol. The molecule has 5 N–H and O–H groups in total. The number of aryl methyl sites for hydroxylation is 2. The third-order valence-electron chi connectivity index (χ3n) is 5.99. The van der Waals surface area contributed by atoms with Gasteiger partial charge in [0.25, 0.3) is 11.8 Å². The lowest BCUT2D eigenvalue weighted by molar-refractivity contribution is -0.122. The zero-order valence-corrected chi connectivity index (χ0v) is 21.6. The predicted octanol–water partition coefficient (Wildman–Crippen LogP) is 4.28. The Morgan fingerprint density at radius 2 is 1.71 bits per heavy atom. The van der Waals surface area contributed by atoms with Crippen molar-refractivity contribution < 1.29 is 18.8 Å². The molecular formula is C28H26FN5O3S. The number of nitrogens with zero attached hydrogens (tertiary/aromatic N) is 2. The Bertz CT molecular complexity index is 1490. The summed E-state index contributed by atoms with van der Waals surface area (Å²) in [5.74, 6) is -2.50. The minimum atomic E-state index is -1.20. The largest absolute Gasteiger partial charge is 0.395 e. The Labute approximate surface area is 223 Å². The van der Waals surface area contributed by atoms with Crippen LogP contribution in [0.5, 0.6) is 0 Å². The number of nitrogens with two attached hydrogens (primary N) is 2. The van der Waals surface area contributed by atoms with Crippen molar-refractivity contribution in [2.45, 2.75) is 26.4 Å². The van der Waals surface area contributed by atoms with Crippen molar-refractivity contribution in [2.75, 3.05) is 10.6 Å². The van der Waals surface area contributed by atoms with Crippen molar-refractivity contribution in [1.29, 1.82) is 0 Å². The van der Waals surface area contributed by atoms with Gasteiger partial charge in [-0.3, -0.25) is 19.3 Å². The van der Waals surface area contributed by atoms with Crippen LogP contribution in [-0.4, -0.2) is 22.1 Å². The predicted molar refractivity (Wildman–Crippen MR) is 145 cm³/mol. The van der Waals surface area contributed by atoms with E-state index in [1.807, 2.05) is 56.3 Å². The summed E-state index contributed by atoms with van der Waals surface area (Å²) in [6, 6.07) is 18.9. The van der Waals surface area contributed by atoms with Gasteiger partial charge in [0.1, 0.15) is 16.7 Å². The molecule has 4 rings (SSSR count). The highest BCUT2D eigenvalue weighted by molar-refractivity contribution is 7.09. The van der Waals surface area contributed by atoms with E-state index in [9.17, 15) is 18.8 Å². The highest BCUT2D eigenvalue weighted by atomic mass is 32.1. The van der Waals surface area contributed by atoms with Crippen LogP contribution in [0.4, 0.5) is 15.8 Å². The first-order chi connectivity index (χ1) is 18.2. The average Bonchev–Trinajstić information content (AvgIpc) is 3.29. The van der Waals surface area contributed by atoms with E-state index in [1.165, 1.54) is 29.2 Å². The number of aromatic nitrogens is 1. The molecule has 4 aromatic rings. The molecule has 1 unspecified atom stereocenters. The molecule has 1 heterocycles. The Balaban J connectivity index is 1.86. The van der Waals surface area contributed by atoms with Gasteiger partial charge in [-0.25, -0.2) is 4.39 Å². The number of hydrogen-bond donors (Lipinski definition) is 3. The number of benzene rings is 3. The topological polar surface area (TPSA) is 131 Å². The number of nitrogens with one attached hydrogen (secondary N) is 1. The van der Waals surface area contributed by atoms with Gasteiger partial charge in [-0.05, 0) is 60.3 Å². The van der Waals surface area contributed by atoms with Crippen LogP contribution in [0, 0.1) is 19.7 Å². The standard InChI is InChI=1S/C28H26FN5O3S/c1-16-8-13-21(17(2)14-16)34(28(37)25-22(30)23(26(31)35)33-38-25)24(19-9-11-20(29)12-10-19)27(36)32-15-18-6-4-3-5-7-18/h3-14,24H,15,30H2,1-2H3,(H2,31,35)(H,32,36). The molecule has 0 aliphatic heterocycles. The van der Waals surface area contributed by atoms with Crippen LogP contribution >= 0.6 is 11.5 Å². The van der Waals surface area contributed by atoms with E-state index < -0.39 is 29.6 Å². The van der Waals surface area contributed by atoms with Crippen LogP contribution in [0.2, 0.25) is 0 Å². The van der Waals surface area contributed by atoms with E-state index >= 15 is 0 Å². The summed E-state index contributed by atoms with van der Waals surface area (Å²) in [7, 11) is 0. The van der Waals surface area contributed by atoms with Crippen molar-refractivity contribution in [3.8, 4) is 0 Å². The number of carbonyl (C=O) groups excluding carboxylic acids is 3. The number of anilines is 2. The van der Waals surface area contributed by atoms with Crippen molar-refractivity contribution in [3.63, 3.8) is 0 Å². The lowest BCUT2D eigenvalue weighted by atomic mass is 10.0. The van der Waals surface area contributed by atoms with E-state index in [0.29, 0.717) is 11.3 Å². The maximum atomic E-state index is 14.1. The molecule has 0 aliphatic carbocycles. The molecule has 3 amide bonds. The first-order valence-electron chi connectivity index (χ1n) is 11.7. The first-order valence-corrected chi connectivity index (χ1v) is 12.5. The molecule has 38 heavy (non-hydrogen) atoms. The lowest BCUT2D eigenvalue weighted by Gasteiger charge is -2.32. The molecule has 0 saturated heterocycles. The Morgan fingerprint density at radius 3 is 2.32 bits per heavy atom. The third-order valence-corrected chi connectivity index (χ3v) is 6.84. The summed E-state index contributed by atoms with van der Waals surface area (Å²) in [6.45, 7) is 3.94. The van der Waals surface area contributed by atoms with E-state index in [4.69, 9.17) is 11.5 Å². The third kappa shape index (κ3) is 5.55. The Kier molecular flexibility index (Phi) is 7.82. The molecule has 194 valence electrons. The summed E-state index contributed by atoms with van der Waals surface area (Å²) in [5.41, 5.74) is 14.4. The van der Waals surface area contributed by atoms with Crippen LogP contribution in [0.25, 0.3) is 0 Å². The number of carbonyl (C=O) groups is 3. The number of primary amides is 1. The number of amides is 3. The number of halogens is 1. The van der Waals surface area contributed by atoms with Gasteiger partial charge in [-0.1, -0.05) is 60.2 Å². The zero-order chi connectivity index (χ0) is 27.4. The van der Waals surface area contributed by atoms with Crippen LogP contribution in [0.1, 0.15) is 48.5 Å². The van der Waals surface area contributed by atoms with Gasteiger partial charge in [0.2, 0.25) is 5.91 Å². The van der Waals surface area contributed by atoms with Gasteiger partial charge in [-0.15, -0.1) is 0 Å². The summed E-state index contributed by atoms with van der Waals surface area (Å²) >= 11 is 0.723. The number of rotatable bonds is 8. The molecule has 0 saturated carbocycles. The Hall–Kier alpha value is -4.57. The van der Waals surface area contributed by atoms with Gasteiger partial charge in [0.05, 0.1) is 5.69 Å². The molecule has 0 aliphatic rings. The van der Waals surface area contributed by atoms with Crippen molar-refractivity contribution in [2.24, 2.45) is 5.73 Å². The van der Waals surface area contributed by atoms with Crippen LogP contribution in [-0.2, 0) is 11.3 Å². The van der Waals surface area contributed by atoms with E-state index in [0.717, 1.165) is 28.2 Å². The molecule has 8 nitrogen and oxygen atoms in total. The van der Waals surface area contributed by atoms with Crippen molar-refractivity contribution in [1.82, 2.24) is 9.69 Å². The second-order valence-electron chi connectivity index (χ2n) is 8.76.